The third-order valence-electron chi connectivity index (χ3n) is 5.79. The van der Waals surface area contributed by atoms with Crippen LogP contribution < -0.4 is 10.5 Å². The van der Waals surface area contributed by atoms with E-state index in [1.54, 1.807) is 6.26 Å². The molecule has 1 aromatic heterocycles. The van der Waals surface area contributed by atoms with Gasteiger partial charge >= 0.3 is 5.97 Å². The number of hydrogen-bond donors (Lipinski definition) is 1. The maximum absolute atomic E-state index is 12.1. The Hall–Kier alpha value is -3.57. The Bertz CT molecular complexity index is 1270. The molecule has 0 saturated carbocycles. The first-order valence-electron chi connectivity index (χ1n) is 11.8. The summed E-state index contributed by atoms with van der Waals surface area (Å²) in [5, 5.41) is 1.01. The molecule has 0 bridgehead atoms. The lowest BCUT2D eigenvalue weighted by atomic mass is 9.99. The molecule has 0 saturated heterocycles. The first-order chi connectivity index (χ1) is 16.6. The molecule has 5 heteroatoms. The van der Waals surface area contributed by atoms with E-state index in [4.69, 9.17) is 19.6 Å². The number of esters is 1. The number of carbonyl (C=O) groups excluding carboxylic acids is 1. The highest BCUT2D eigenvalue weighted by molar-refractivity contribution is 5.93. The van der Waals surface area contributed by atoms with Gasteiger partial charge in [-0.15, -0.1) is 0 Å². The van der Waals surface area contributed by atoms with Gasteiger partial charge in [-0.2, -0.15) is 0 Å². The van der Waals surface area contributed by atoms with Crippen molar-refractivity contribution >= 4 is 16.9 Å². The summed E-state index contributed by atoms with van der Waals surface area (Å²) in [6.45, 7) is 5.17. The zero-order valence-corrected chi connectivity index (χ0v) is 19.8. The van der Waals surface area contributed by atoms with E-state index in [0.29, 0.717) is 19.8 Å². The minimum absolute atomic E-state index is 0.188. The van der Waals surface area contributed by atoms with Crippen molar-refractivity contribution in [1.29, 1.82) is 0 Å². The average molecular weight is 458 g/mol. The van der Waals surface area contributed by atoms with Crippen molar-refractivity contribution in [2.24, 2.45) is 5.73 Å². The average Bonchev–Trinajstić information content (AvgIpc) is 3.32. The van der Waals surface area contributed by atoms with Crippen LogP contribution in [0.5, 0.6) is 5.75 Å². The van der Waals surface area contributed by atoms with E-state index >= 15 is 0 Å². The molecule has 1 heterocycles. The van der Waals surface area contributed by atoms with E-state index in [-0.39, 0.29) is 12.4 Å². The molecule has 3 aromatic carbocycles. The summed E-state index contributed by atoms with van der Waals surface area (Å²) in [4.78, 5) is 12.1. The first-order valence-corrected chi connectivity index (χ1v) is 11.8. The van der Waals surface area contributed by atoms with Crippen molar-refractivity contribution in [1.82, 2.24) is 0 Å². The molecule has 176 valence electrons. The highest BCUT2D eigenvalue weighted by atomic mass is 16.5. The number of aryl methyl sites for hydroxylation is 1. The second-order valence-electron chi connectivity index (χ2n) is 8.35. The Morgan fingerprint density at radius 2 is 1.85 bits per heavy atom. The Labute approximate surface area is 200 Å². The van der Waals surface area contributed by atoms with E-state index in [2.05, 4.69) is 37.3 Å². The first kappa shape index (κ1) is 23.6. The van der Waals surface area contributed by atoms with Gasteiger partial charge in [-0.1, -0.05) is 43.7 Å². The van der Waals surface area contributed by atoms with Crippen LogP contribution in [0.1, 0.15) is 42.5 Å². The molecule has 4 aromatic rings. The van der Waals surface area contributed by atoms with E-state index in [9.17, 15) is 4.79 Å². The second kappa shape index (κ2) is 11.0. The number of furan rings is 1. The largest absolute Gasteiger partial charge is 0.489 e. The number of fused-ring (bicyclic) bond motifs is 1. The standard InChI is InChI=1S/C29H31NO4/c1-3-6-20-9-10-24(17-28(31)32-4-2)27(16-20)34-19-22-14-25-11-12-33-29(25)26(15-22)23-8-5-7-21(13-23)18-30/h5,7-16H,3-4,6,17-19,30H2,1-2H3. The van der Waals surface area contributed by atoms with Crippen molar-refractivity contribution in [3.8, 4) is 16.9 Å². The summed E-state index contributed by atoms with van der Waals surface area (Å²) in [5.74, 6) is 0.468. The van der Waals surface area contributed by atoms with Gasteiger partial charge in [-0.05, 0) is 65.9 Å². The normalized spacial score (nSPS) is 11.0. The van der Waals surface area contributed by atoms with Crippen LogP contribution in [0.2, 0.25) is 0 Å². The summed E-state index contributed by atoms with van der Waals surface area (Å²) in [6, 6.07) is 20.4. The van der Waals surface area contributed by atoms with Crippen LogP contribution in [0, 0.1) is 0 Å². The molecule has 34 heavy (non-hydrogen) atoms. The molecule has 4 rings (SSSR count). The van der Waals surface area contributed by atoms with Gasteiger partial charge in [0.1, 0.15) is 17.9 Å². The topological polar surface area (TPSA) is 74.7 Å². The van der Waals surface area contributed by atoms with Gasteiger partial charge in [0.05, 0.1) is 19.3 Å². The van der Waals surface area contributed by atoms with Gasteiger partial charge in [-0.3, -0.25) is 4.79 Å². The molecule has 0 amide bonds. The fraction of sp³-hybridized carbons (Fsp3) is 0.276. The summed E-state index contributed by atoms with van der Waals surface area (Å²) in [5.41, 5.74) is 12.9. The Kier molecular flexibility index (Phi) is 7.65. The van der Waals surface area contributed by atoms with Gasteiger partial charge in [0, 0.05) is 23.1 Å². The maximum Gasteiger partial charge on any atom is 0.310 e. The predicted octanol–water partition coefficient (Wildman–Crippen LogP) is 6.20. The van der Waals surface area contributed by atoms with E-state index in [0.717, 1.165) is 57.4 Å². The lowest BCUT2D eigenvalue weighted by Crippen LogP contribution is -2.09. The van der Waals surface area contributed by atoms with Crippen molar-refractivity contribution in [3.05, 3.63) is 89.2 Å². The molecule has 5 nitrogen and oxygen atoms in total. The molecular formula is C29H31NO4. The van der Waals surface area contributed by atoms with Crippen molar-refractivity contribution in [2.75, 3.05) is 6.61 Å². The fourth-order valence-corrected chi connectivity index (χ4v) is 4.16. The lowest BCUT2D eigenvalue weighted by molar-refractivity contribution is -0.142. The quantitative estimate of drug-likeness (QED) is 0.287. The monoisotopic (exact) mass is 457 g/mol. The molecule has 2 N–H and O–H groups in total. The van der Waals surface area contributed by atoms with Crippen molar-refractivity contribution < 1.29 is 18.7 Å². The SMILES string of the molecule is CCCc1ccc(CC(=O)OCC)c(OCc2cc(-c3cccc(CN)c3)c3occc3c2)c1. The highest BCUT2D eigenvalue weighted by Crippen LogP contribution is 2.32. The lowest BCUT2D eigenvalue weighted by Gasteiger charge is -2.14. The molecule has 0 spiro atoms. The van der Waals surface area contributed by atoms with E-state index < -0.39 is 0 Å². The van der Waals surface area contributed by atoms with Crippen molar-refractivity contribution in [2.45, 2.75) is 46.3 Å². The molecule has 0 unspecified atom stereocenters. The van der Waals surface area contributed by atoms with Crippen LogP contribution in [-0.2, 0) is 35.5 Å². The number of nitrogens with two attached hydrogens (primary N) is 1. The van der Waals surface area contributed by atoms with Gasteiger partial charge < -0.3 is 19.6 Å². The summed E-state index contributed by atoms with van der Waals surface area (Å²) < 4.78 is 17.2. The van der Waals surface area contributed by atoms with Crippen LogP contribution >= 0.6 is 0 Å². The van der Waals surface area contributed by atoms with Gasteiger partial charge in [0.2, 0.25) is 0 Å². The molecule has 0 radical (unpaired) electrons. The fourth-order valence-electron chi connectivity index (χ4n) is 4.16. The van der Waals surface area contributed by atoms with Crippen LogP contribution in [0.15, 0.2) is 71.3 Å². The van der Waals surface area contributed by atoms with Crippen molar-refractivity contribution in [3.63, 3.8) is 0 Å². The summed E-state index contributed by atoms with van der Waals surface area (Å²) in [6.07, 6.45) is 3.89. The van der Waals surface area contributed by atoms with Gasteiger partial charge in [0.25, 0.3) is 0 Å². The zero-order chi connectivity index (χ0) is 23.9. The van der Waals surface area contributed by atoms with Gasteiger partial charge in [-0.25, -0.2) is 0 Å². The predicted molar refractivity (Wildman–Crippen MR) is 135 cm³/mol. The van der Waals surface area contributed by atoms with E-state index in [1.807, 2.05) is 37.3 Å². The molecule has 0 aliphatic carbocycles. The third-order valence-corrected chi connectivity index (χ3v) is 5.79. The highest BCUT2D eigenvalue weighted by Gasteiger charge is 2.14. The number of rotatable bonds is 10. The molecule has 0 atom stereocenters. The number of ether oxygens (including phenoxy) is 2. The van der Waals surface area contributed by atoms with Gasteiger partial charge in [0.15, 0.2) is 0 Å². The summed E-state index contributed by atoms with van der Waals surface area (Å²) >= 11 is 0. The minimum atomic E-state index is -0.252. The smallest absolute Gasteiger partial charge is 0.310 e. The van der Waals surface area contributed by atoms with Crippen LogP contribution in [0.3, 0.4) is 0 Å². The summed E-state index contributed by atoms with van der Waals surface area (Å²) in [7, 11) is 0. The van der Waals surface area contributed by atoms with Crippen LogP contribution in [0.25, 0.3) is 22.1 Å². The maximum atomic E-state index is 12.1. The zero-order valence-electron chi connectivity index (χ0n) is 19.8. The van der Waals surface area contributed by atoms with Crippen LogP contribution in [0.4, 0.5) is 0 Å². The number of benzene rings is 3. The Morgan fingerprint density at radius 1 is 0.971 bits per heavy atom. The van der Waals surface area contributed by atoms with E-state index in [1.165, 1.54) is 5.56 Å². The Balaban J connectivity index is 1.64. The molecular weight excluding hydrogens is 426 g/mol. The Morgan fingerprint density at radius 3 is 2.65 bits per heavy atom. The third kappa shape index (κ3) is 5.49. The molecule has 0 fully saturated rings. The molecule has 0 aliphatic heterocycles. The molecule has 0 aliphatic rings. The number of carbonyl (C=O) groups is 1. The van der Waals surface area contributed by atoms with Crippen LogP contribution in [-0.4, -0.2) is 12.6 Å². The minimum Gasteiger partial charge on any atom is -0.489 e. The second-order valence-corrected chi connectivity index (χ2v) is 8.35. The number of hydrogen-bond acceptors (Lipinski definition) is 5.